The Morgan fingerprint density at radius 2 is 1.81 bits per heavy atom. The van der Waals surface area contributed by atoms with E-state index in [0.717, 1.165) is 22.9 Å². The summed E-state index contributed by atoms with van der Waals surface area (Å²) in [5.41, 5.74) is 2.26. The minimum atomic E-state index is -0.0478. The first-order chi connectivity index (χ1) is 13.0. The first-order valence-corrected chi connectivity index (χ1v) is 9.78. The van der Waals surface area contributed by atoms with Crippen LogP contribution < -0.4 is 10.1 Å². The average Bonchev–Trinajstić information content (AvgIpc) is 2.68. The van der Waals surface area contributed by atoms with E-state index < -0.39 is 0 Å². The Hall–Kier alpha value is -2.34. The summed E-state index contributed by atoms with van der Waals surface area (Å²) >= 11 is 3.44. The maximum atomic E-state index is 12.8. The van der Waals surface area contributed by atoms with Crippen molar-refractivity contribution in [2.75, 3.05) is 20.2 Å². The van der Waals surface area contributed by atoms with Crippen LogP contribution in [0.1, 0.15) is 39.1 Å². The van der Waals surface area contributed by atoms with Gasteiger partial charge in [-0.25, -0.2) is 0 Å². The van der Waals surface area contributed by atoms with Gasteiger partial charge in [0.15, 0.2) is 0 Å². The van der Waals surface area contributed by atoms with Crippen LogP contribution in [0.2, 0.25) is 0 Å². The van der Waals surface area contributed by atoms with Gasteiger partial charge >= 0.3 is 0 Å². The molecule has 1 N–H and O–H groups in total. The van der Waals surface area contributed by atoms with Crippen molar-refractivity contribution in [3.05, 3.63) is 63.6 Å². The largest absolute Gasteiger partial charge is 0.497 e. The molecule has 2 amide bonds. The van der Waals surface area contributed by atoms with Crippen LogP contribution in [-0.2, 0) is 0 Å². The van der Waals surface area contributed by atoms with E-state index in [0.29, 0.717) is 30.0 Å². The molecular formula is C21H23BrN2O3. The number of amides is 2. The molecule has 3 rings (SSSR count). The number of rotatable bonds is 4. The van der Waals surface area contributed by atoms with E-state index in [1.807, 2.05) is 48.2 Å². The van der Waals surface area contributed by atoms with Crippen molar-refractivity contribution in [1.82, 2.24) is 10.2 Å². The zero-order valence-corrected chi connectivity index (χ0v) is 17.1. The molecule has 0 unspecified atom stereocenters. The predicted octanol–water partition coefficient (Wildman–Crippen LogP) is 3.80. The molecule has 6 heteroatoms. The minimum absolute atomic E-state index is 0.0237. The summed E-state index contributed by atoms with van der Waals surface area (Å²) in [5.74, 6) is 0.583. The summed E-state index contributed by atoms with van der Waals surface area (Å²) in [4.78, 5) is 27.1. The smallest absolute Gasteiger partial charge is 0.255 e. The van der Waals surface area contributed by atoms with Gasteiger partial charge in [-0.1, -0.05) is 18.2 Å². The second-order valence-electron chi connectivity index (χ2n) is 6.70. The molecular weight excluding hydrogens is 408 g/mol. The maximum absolute atomic E-state index is 12.8. The van der Waals surface area contributed by atoms with Crippen LogP contribution in [0.5, 0.6) is 5.75 Å². The molecule has 1 heterocycles. The Bertz CT molecular complexity index is 845. The highest BCUT2D eigenvalue weighted by molar-refractivity contribution is 9.10. The molecule has 0 aromatic heterocycles. The van der Waals surface area contributed by atoms with Crippen LogP contribution in [0, 0.1) is 6.92 Å². The number of hydrogen-bond donors (Lipinski definition) is 1. The zero-order chi connectivity index (χ0) is 19.4. The minimum Gasteiger partial charge on any atom is -0.497 e. The van der Waals surface area contributed by atoms with Crippen LogP contribution in [0.25, 0.3) is 0 Å². The first kappa shape index (κ1) is 19.4. The zero-order valence-electron chi connectivity index (χ0n) is 15.5. The van der Waals surface area contributed by atoms with Gasteiger partial charge in [-0.15, -0.1) is 0 Å². The van der Waals surface area contributed by atoms with Crippen LogP contribution in [0.4, 0.5) is 0 Å². The fraction of sp³-hybridized carbons (Fsp3) is 0.333. The molecule has 142 valence electrons. The number of halogens is 1. The van der Waals surface area contributed by atoms with E-state index in [4.69, 9.17) is 4.74 Å². The summed E-state index contributed by atoms with van der Waals surface area (Å²) in [7, 11) is 1.58. The molecule has 5 nitrogen and oxygen atoms in total. The van der Waals surface area contributed by atoms with Crippen LogP contribution in [0.15, 0.2) is 46.9 Å². The van der Waals surface area contributed by atoms with Crippen LogP contribution in [-0.4, -0.2) is 43.0 Å². The number of aryl methyl sites for hydroxylation is 1. The molecule has 0 saturated carbocycles. The molecule has 0 spiro atoms. The maximum Gasteiger partial charge on any atom is 0.255 e. The molecule has 1 saturated heterocycles. The van der Waals surface area contributed by atoms with Crippen molar-refractivity contribution >= 4 is 27.7 Å². The molecule has 0 radical (unpaired) electrons. The second-order valence-corrected chi connectivity index (χ2v) is 7.55. The number of carbonyl (C=O) groups excluding carboxylic acids is 2. The fourth-order valence-corrected chi connectivity index (χ4v) is 3.70. The number of hydrogen-bond acceptors (Lipinski definition) is 3. The lowest BCUT2D eigenvalue weighted by Crippen LogP contribution is -2.46. The first-order valence-electron chi connectivity index (χ1n) is 8.99. The van der Waals surface area contributed by atoms with E-state index in [1.165, 1.54) is 0 Å². The van der Waals surface area contributed by atoms with Crippen molar-refractivity contribution < 1.29 is 14.3 Å². The number of nitrogens with one attached hydrogen (secondary N) is 1. The van der Waals surface area contributed by atoms with Gasteiger partial charge in [-0.2, -0.15) is 0 Å². The van der Waals surface area contributed by atoms with Gasteiger partial charge in [0.05, 0.1) is 12.7 Å². The third-order valence-corrected chi connectivity index (χ3v) is 5.60. The topological polar surface area (TPSA) is 58.6 Å². The third-order valence-electron chi connectivity index (χ3n) is 4.91. The molecule has 0 bridgehead atoms. The van der Waals surface area contributed by atoms with Gasteiger partial charge in [0.1, 0.15) is 5.75 Å². The summed E-state index contributed by atoms with van der Waals surface area (Å²) in [6.45, 7) is 3.16. The van der Waals surface area contributed by atoms with Crippen LogP contribution in [0.3, 0.4) is 0 Å². The highest BCUT2D eigenvalue weighted by Crippen LogP contribution is 2.25. The van der Waals surface area contributed by atoms with Gasteiger partial charge in [0.2, 0.25) is 0 Å². The molecule has 0 atom stereocenters. The highest BCUT2D eigenvalue weighted by atomic mass is 79.9. The molecule has 2 aromatic carbocycles. The molecule has 1 fully saturated rings. The van der Waals surface area contributed by atoms with E-state index in [1.54, 1.807) is 13.2 Å². The lowest BCUT2D eigenvalue weighted by molar-refractivity contribution is 0.0697. The lowest BCUT2D eigenvalue weighted by atomic mass is 10.0. The Labute approximate surface area is 167 Å². The second kappa shape index (κ2) is 8.57. The van der Waals surface area contributed by atoms with Gasteiger partial charge in [-0.3, -0.25) is 9.59 Å². The van der Waals surface area contributed by atoms with Crippen molar-refractivity contribution in [2.45, 2.75) is 25.8 Å². The molecule has 1 aliphatic rings. The Morgan fingerprint density at radius 1 is 1.11 bits per heavy atom. The lowest BCUT2D eigenvalue weighted by Gasteiger charge is -2.32. The number of carbonyl (C=O) groups is 2. The molecule has 2 aromatic rings. The van der Waals surface area contributed by atoms with Crippen molar-refractivity contribution in [3.8, 4) is 5.75 Å². The predicted molar refractivity (Wildman–Crippen MR) is 108 cm³/mol. The fourth-order valence-electron chi connectivity index (χ4n) is 3.28. The summed E-state index contributed by atoms with van der Waals surface area (Å²) in [6.07, 6.45) is 1.48. The monoisotopic (exact) mass is 430 g/mol. The normalized spacial score (nSPS) is 14.7. The number of benzene rings is 2. The number of likely N-dealkylation sites (tertiary alicyclic amines) is 1. The number of ether oxygens (including phenoxy) is 1. The van der Waals surface area contributed by atoms with E-state index in [-0.39, 0.29) is 17.9 Å². The molecule has 27 heavy (non-hydrogen) atoms. The SMILES string of the molecule is COc1ccc(Br)c(C(=O)N2CCC(NC(=O)c3ccccc3C)CC2)c1. The average molecular weight is 431 g/mol. The van der Waals surface area contributed by atoms with Gasteiger partial charge in [-0.05, 0) is 65.5 Å². The number of methoxy groups -OCH3 is 1. The van der Waals surface area contributed by atoms with Gasteiger partial charge in [0, 0.05) is 29.2 Å². The van der Waals surface area contributed by atoms with E-state index >= 15 is 0 Å². The standard InChI is InChI=1S/C21H23BrN2O3/c1-14-5-3-4-6-17(14)20(25)23-15-9-11-24(12-10-15)21(26)18-13-16(27-2)7-8-19(18)22/h3-8,13,15H,9-12H2,1-2H3,(H,23,25). The molecule has 0 aliphatic carbocycles. The summed E-state index contributed by atoms with van der Waals surface area (Å²) in [6, 6.07) is 13.0. The van der Waals surface area contributed by atoms with Crippen molar-refractivity contribution in [3.63, 3.8) is 0 Å². The van der Waals surface area contributed by atoms with Gasteiger partial charge in [0.25, 0.3) is 11.8 Å². The number of nitrogens with zero attached hydrogens (tertiary/aromatic N) is 1. The Morgan fingerprint density at radius 3 is 2.48 bits per heavy atom. The van der Waals surface area contributed by atoms with Crippen molar-refractivity contribution in [2.24, 2.45) is 0 Å². The van der Waals surface area contributed by atoms with Crippen LogP contribution >= 0.6 is 15.9 Å². The Balaban J connectivity index is 1.60. The Kier molecular flexibility index (Phi) is 6.16. The van der Waals surface area contributed by atoms with Crippen molar-refractivity contribution in [1.29, 1.82) is 0 Å². The summed E-state index contributed by atoms with van der Waals surface area (Å²) in [5, 5.41) is 3.10. The third kappa shape index (κ3) is 4.50. The quantitative estimate of drug-likeness (QED) is 0.802. The summed E-state index contributed by atoms with van der Waals surface area (Å²) < 4.78 is 5.97. The van der Waals surface area contributed by atoms with Gasteiger partial charge < -0.3 is 15.0 Å². The van der Waals surface area contributed by atoms with E-state index in [2.05, 4.69) is 21.2 Å². The number of piperidine rings is 1. The highest BCUT2D eigenvalue weighted by Gasteiger charge is 2.26. The van der Waals surface area contributed by atoms with E-state index in [9.17, 15) is 9.59 Å². The molecule has 1 aliphatic heterocycles.